The molecule has 1 N–H and O–H groups in total. The molecule has 4 heteroatoms. The van der Waals surface area contributed by atoms with Gasteiger partial charge >= 0.3 is 0 Å². The van der Waals surface area contributed by atoms with Gasteiger partial charge in [-0.05, 0) is 12.1 Å². The van der Waals surface area contributed by atoms with Crippen LogP contribution in [0.4, 0.5) is 13.2 Å². The number of rotatable bonds is 4. The van der Waals surface area contributed by atoms with Crippen LogP contribution in [0.15, 0.2) is 42.5 Å². The predicted octanol–water partition coefficient (Wildman–Crippen LogP) is 3.39. The maximum atomic E-state index is 13.3. The maximum Gasteiger partial charge on any atom is 0.163 e. The third-order valence-electron chi connectivity index (χ3n) is 2.62. The zero-order chi connectivity index (χ0) is 13.0. The van der Waals surface area contributed by atoms with Crippen LogP contribution in [0.3, 0.4) is 0 Å². The van der Waals surface area contributed by atoms with Gasteiger partial charge in [0.2, 0.25) is 0 Å². The van der Waals surface area contributed by atoms with Crippen molar-refractivity contribution in [2.24, 2.45) is 0 Å². The van der Waals surface area contributed by atoms with Crippen molar-refractivity contribution in [1.82, 2.24) is 5.32 Å². The Bertz CT molecular complexity index is 540. The van der Waals surface area contributed by atoms with E-state index in [1.165, 1.54) is 18.2 Å². The molecule has 0 aliphatic heterocycles. The molecule has 0 aliphatic rings. The molecule has 0 spiro atoms. The number of nitrogens with one attached hydrogen (secondary N) is 1. The standard InChI is InChI=1S/C14H12F3N/c15-12-6-2-1-4-10(12)8-18-9-11-5-3-7-13(16)14(11)17/h1-7,18H,8-9H2. The third kappa shape index (κ3) is 2.90. The minimum absolute atomic E-state index is 0.151. The van der Waals surface area contributed by atoms with Gasteiger partial charge in [0.15, 0.2) is 11.6 Å². The fourth-order valence-electron chi connectivity index (χ4n) is 1.66. The van der Waals surface area contributed by atoms with Crippen LogP contribution in [-0.4, -0.2) is 0 Å². The van der Waals surface area contributed by atoms with E-state index in [9.17, 15) is 13.2 Å². The van der Waals surface area contributed by atoms with E-state index in [2.05, 4.69) is 5.32 Å². The van der Waals surface area contributed by atoms with Gasteiger partial charge in [0, 0.05) is 24.2 Å². The molecule has 2 aromatic rings. The first kappa shape index (κ1) is 12.6. The van der Waals surface area contributed by atoms with Crippen LogP contribution in [-0.2, 0) is 13.1 Å². The van der Waals surface area contributed by atoms with Crippen molar-refractivity contribution < 1.29 is 13.2 Å². The Morgan fingerprint density at radius 3 is 2.11 bits per heavy atom. The Balaban J connectivity index is 1.97. The van der Waals surface area contributed by atoms with Crippen LogP contribution in [0.5, 0.6) is 0 Å². The van der Waals surface area contributed by atoms with E-state index >= 15 is 0 Å². The summed E-state index contributed by atoms with van der Waals surface area (Å²) in [4.78, 5) is 0. The highest BCUT2D eigenvalue weighted by Gasteiger charge is 2.07. The molecule has 0 atom stereocenters. The van der Waals surface area contributed by atoms with E-state index in [4.69, 9.17) is 0 Å². The first-order valence-electron chi connectivity index (χ1n) is 5.55. The molecule has 2 aromatic carbocycles. The van der Waals surface area contributed by atoms with Gasteiger partial charge in [0.1, 0.15) is 5.82 Å². The number of benzene rings is 2. The van der Waals surface area contributed by atoms with E-state index in [0.29, 0.717) is 5.56 Å². The van der Waals surface area contributed by atoms with Crippen molar-refractivity contribution in [3.05, 3.63) is 71.0 Å². The molecular weight excluding hydrogens is 239 g/mol. The summed E-state index contributed by atoms with van der Waals surface area (Å²) in [6.07, 6.45) is 0. The topological polar surface area (TPSA) is 12.0 Å². The van der Waals surface area contributed by atoms with Gasteiger partial charge in [-0.15, -0.1) is 0 Å². The minimum Gasteiger partial charge on any atom is -0.308 e. The average Bonchev–Trinajstić information content (AvgIpc) is 2.37. The van der Waals surface area contributed by atoms with Crippen LogP contribution in [0, 0.1) is 17.5 Å². The van der Waals surface area contributed by atoms with E-state index in [0.717, 1.165) is 6.07 Å². The van der Waals surface area contributed by atoms with Gasteiger partial charge in [-0.3, -0.25) is 0 Å². The van der Waals surface area contributed by atoms with E-state index in [1.807, 2.05) is 0 Å². The van der Waals surface area contributed by atoms with Crippen LogP contribution in [0.1, 0.15) is 11.1 Å². The molecular formula is C14H12F3N. The summed E-state index contributed by atoms with van der Waals surface area (Å²) < 4.78 is 39.5. The van der Waals surface area contributed by atoms with Gasteiger partial charge in [0.05, 0.1) is 0 Å². The molecule has 0 saturated heterocycles. The van der Waals surface area contributed by atoms with Gasteiger partial charge in [0.25, 0.3) is 0 Å². The zero-order valence-corrected chi connectivity index (χ0v) is 9.59. The quantitative estimate of drug-likeness (QED) is 0.878. The summed E-state index contributed by atoms with van der Waals surface area (Å²) in [6, 6.07) is 10.3. The molecule has 18 heavy (non-hydrogen) atoms. The van der Waals surface area contributed by atoms with Crippen molar-refractivity contribution in [2.45, 2.75) is 13.1 Å². The fourth-order valence-corrected chi connectivity index (χ4v) is 1.66. The summed E-state index contributed by atoms with van der Waals surface area (Å²) in [6.45, 7) is 0.417. The lowest BCUT2D eigenvalue weighted by Gasteiger charge is -2.07. The Morgan fingerprint density at radius 2 is 1.33 bits per heavy atom. The molecule has 0 radical (unpaired) electrons. The molecule has 94 valence electrons. The monoisotopic (exact) mass is 251 g/mol. The summed E-state index contributed by atoms with van der Waals surface area (Å²) in [5.41, 5.74) is 0.723. The van der Waals surface area contributed by atoms with Gasteiger partial charge in [-0.2, -0.15) is 0 Å². The molecule has 0 aromatic heterocycles. The lowest BCUT2D eigenvalue weighted by atomic mass is 10.2. The largest absolute Gasteiger partial charge is 0.308 e. The predicted molar refractivity (Wildman–Crippen MR) is 63.3 cm³/mol. The smallest absolute Gasteiger partial charge is 0.163 e. The fraction of sp³-hybridized carbons (Fsp3) is 0.143. The van der Waals surface area contributed by atoms with Crippen LogP contribution in [0.25, 0.3) is 0 Å². The molecule has 0 fully saturated rings. The number of hydrogen-bond acceptors (Lipinski definition) is 1. The molecule has 0 heterocycles. The second-order valence-corrected chi connectivity index (χ2v) is 3.91. The van der Waals surface area contributed by atoms with Crippen LogP contribution < -0.4 is 5.32 Å². The number of halogens is 3. The molecule has 2 rings (SSSR count). The molecule has 1 nitrogen and oxygen atoms in total. The minimum atomic E-state index is -0.875. The lowest BCUT2D eigenvalue weighted by Crippen LogP contribution is -2.15. The van der Waals surface area contributed by atoms with E-state index < -0.39 is 11.6 Å². The van der Waals surface area contributed by atoms with Crippen molar-refractivity contribution in [1.29, 1.82) is 0 Å². The van der Waals surface area contributed by atoms with E-state index in [1.54, 1.807) is 18.2 Å². The van der Waals surface area contributed by atoms with Crippen molar-refractivity contribution in [2.75, 3.05) is 0 Å². The molecule has 0 aliphatic carbocycles. The average molecular weight is 251 g/mol. The molecule has 0 saturated carbocycles. The Morgan fingerprint density at radius 1 is 0.722 bits per heavy atom. The molecule has 0 amide bonds. The lowest BCUT2D eigenvalue weighted by molar-refractivity contribution is 0.491. The van der Waals surface area contributed by atoms with Gasteiger partial charge in [-0.1, -0.05) is 30.3 Å². The first-order chi connectivity index (χ1) is 8.68. The normalized spacial score (nSPS) is 10.6. The van der Waals surface area contributed by atoms with Gasteiger partial charge in [-0.25, -0.2) is 13.2 Å². The third-order valence-corrected chi connectivity index (χ3v) is 2.62. The first-order valence-corrected chi connectivity index (χ1v) is 5.55. The summed E-state index contributed by atoms with van der Waals surface area (Å²) in [5.74, 6) is -2.05. The second kappa shape index (κ2) is 5.69. The van der Waals surface area contributed by atoms with Gasteiger partial charge < -0.3 is 5.32 Å². The van der Waals surface area contributed by atoms with Crippen molar-refractivity contribution in [3.63, 3.8) is 0 Å². The van der Waals surface area contributed by atoms with Crippen LogP contribution in [0.2, 0.25) is 0 Å². The maximum absolute atomic E-state index is 13.3. The number of hydrogen-bond donors (Lipinski definition) is 1. The highest BCUT2D eigenvalue weighted by Crippen LogP contribution is 2.11. The Labute approximate surface area is 103 Å². The Kier molecular flexibility index (Phi) is 3.99. The molecule has 0 unspecified atom stereocenters. The summed E-state index contributed by atoms with van der Waals surface area (Å²) in [7, 11) is 0. The van der Waals surface area contributed by atoms with Crippen LogP contribution >= 0.6 is 0 Å². The summed E-state index contributed by atoms with van der Waals surface area (Å²) in [5, 5.41) is 2.88. The second-order valence-electron chi connectivity index (χ2n) is 3.91. The van der Waals surface area contributed by atoms with E-state index in [-0.39, 0.29) is 24.5 Å². The molecule has 0 bridgehead atoms. The SMILES string of the molecule is Fc1ccccc1CNCc1cccc(F)c1F. The zero-order valence-electron chi connectivity index (χ0n) is 9.59. The summed E-state index contributed by atoms with van der Waals surface area (Å²) >= 11 is 0. The Hall–Kier alpha value is -1.81. The van der Waals surface area contributed by atoms with Crippen molar-refractivity contribution >= 4 is 0 Å². The highest BCUT2D eigenvalue weighted by molar-refractivity contribution is 5.20. The van der Waals surface area contributed by atoms with Crippen molar-refractivity contribution in [3.8, 4) is 0 Å². The highest BCUT2D eigenvalue weighted by atomic mass is 19.2.